The molecule has 0 radical (unpaired) electrons. The van der Waals surface area contributed by atoms with Crippen molar-refractivity contribution in [1.82, 2.24) is 4.90 Å². The third-order valence-electron chi connectivity index (χ3n) is 5.01. The van der Waals surface area contributed by atoms with Gasteiger partial charge in [0.05, 0.1) is 0 Å². The molecule has 1 aromatic carbocycles. The lowest BCUT2D eigenvalue weighted by atomic mass is 9.83. The van der Waals surface area contributed by atoms with Crippen molar-refractivity contribution in [3.8, 4) is 0 Å². The summed E-state index contributed by atoms with van der Waals surface area (Å²) in [5, 5.41) is 1.40. The molecule has 0 amide bonds. The van der Waals surface area contributed by atoms with Gasteiger partial charge in [0.2, 0.25) is 0 Å². The third-order valence-corrected chi connectivity index (χ3v) is 5.59. The fourth-order valence-electron chi connectivity index (χ4n) is 3.88. The highest BCUT2D eigenvalue weighted by atomic mass is 35.5. The van der Waals surface area contributed by atoms with Gasteiger partial charge in [0.25, 0.3) is 0 Å². The number of benzene rings is 1. The minimum Gasteiger partial charge on any atom is -0.326 e. The van der Waals surface area contributed by atoms with E-state index in [4.69, 9.17) is 28.9 Å². The summed E-state index contributed by atoms with van der Waals surface area (Å²) in [6.07, 6.45) is 5.76. The van der Waals surface area contributed by atoms with E-state index >= 15 is 0 Å². The maximum absolute atomic E-state index is 6.67. The van der Waals surface area contributed by atoms with E-state index in [9.17, 15) is 0 Å². The van der Waals surface area contributed by atoms with Gasteiger partial charge in [-0.1, -0.05) is 56.0 Å². The zero-order valence-electron chi connectivity index (χ0n) is 13.0. The molecule has 1 atom stereocenters. The Morgan fingerprint density at radius 1 is 1.19 bits per heavy atom. The summed E-state index contributed by atoms with van der Waals surface area (Å²) < 4.78 is 0. The molecule has 21 heavy (non-hydrogen) atoms. The van der Waals surface area contributed by atoms with Crippen LogP contribution in [0, 0.1) is 0 Å². The van der Waals surface area contributed by atoms with Gasteiger partial charge in [0.1, 0.15) is 0 Å². The van der Waals surface area contributed by atoms with Crippen LogP contribution in [0.15, 0.2) is 18.2 Å². The highest BCUT2D eigenvalue weighted by Crippen LogP contribution is 2.39. The number of hydrogen-bond donors (Lipinski definition) is 1. The van der Waals surface area contributed by atoms with E-state index in [2.05, 4.69) is 18.7 Å². The van der Waals surface area contributed by atoms with Gasteiger partial charge in [-0.25, -0.2) is 0 Å². The van der Waals surface area contributed by atoms with Crippen molar-refractivity contribution in [2.24, 2.45) is 5.73 Å². The molecule has 0 heterocycles. The molecule has 2 N–H and O–H groups in total. The van der Waals surface area contributed by atoms with Gasteiger partial charge in [-0.15, -0.1) is 0 Å². The SMILES string of the molecule is CCN(CC)C1(C(N)Cc2ccc(Cl)cc2Cl)CCCC1. The van der Waals surface area contributed by atoms with E-state index in [1.54, 1.807) is 0 Å². The average molecular weight is 329 g/mol. The Bertz CT molecular complexity index is 466. The van der Waals surface area contributed by atoms with E-state index < -0.39 is 0 Å². The first kappa shape index (κ1) is 17.1. The van der Waals surface area contributed by atoms with E-state index in [-0.39, 0.29) is 11.6 Å². The molecule has 0 bridgehead atoms. The first-order chi connectivity index (χ1) is 10.0. The van der Waals surface area contributed by atoms with Crippen molar-refractivity contribution in [3.05, 3.63) is 33.8 Å². The number of nitrogens with two attached hydrogens (primary N) is 1. The van der Waals surface area contributed by atoms with Crippen LogP contribution in [0.2, 0.25) is 10.0 Å². The maximum atomic E-state index is 6.67. The molecule has 1 aliphatic carbocycles. The van der Waals surface area contributed by atoms with Crippen LogP contribution in [-0.2, 0) is 6.42 Å². The van der Waals surface area contributed by atoms with Crippen LogP contribution in [0.1, 0.15) is 45.1 Å². The standard InChI is InChI=1S/C17H26Cl2N2/c1-3-21(4-2)17(9-5-6-10-17)16(20)11-13-7-8-14(18)12-15(13)19/h7-8,12,16H,3-6,9-11,20H2,1-2H3. The Balaban J connectivity index is 2.21. The predicted octanol–water partition coefficient (Wildman–Crippen LogP) is 4.52. The Labute approximate surface area is 138 Å². The smallest absolute Gasteiger partial charge is 0.0453 e. The number of likely N-dealkylation sites (N-methyl/N-ethyl adjacent to an activating group) is 1. The van der Waals surface area contributed by atoms with Crippen LogP contribution in [0.25, 0.3) is 0 Å². The number of rotatable bonds is 6. The fourth-order valence-corrected chi connectivity index (χ4v) is 4.36. The fraction of sp³-hybridized carbons (Fsp3) is 0.647. The van der Waals surface area contributed by atoms with Crippen LogP contribution in [0.5, 0.6) is 0 Å². The zero-order chi connectivity index (χ0) is 15.5. The molecule has 2 nitrogen and oxygen atoms in total. The normalized spacial score (nSPS) is 19.1. The number of hydrogen-bond acceptors (Lipinski definition) is 2. The zero-order valence-corrected chi connectivity index (χ0v) is 14.6. The molecule has 118 valence electrons. The molecule has 1 saturated carbocycles. The predicted molar refractivity (Wildman–Crippen MR) is 92.3 cm³/mol. The molecular formula is C17H26Cl2N2. The van der Waals surface area contributed by atoms with E-state index in [0.717, 1.165) is 30.1 Å². The summed E-state index contributed by atoms with van der Waals surface area (Å²) in [5.41, 5.74) is 7.91. The summed E-state index contributed by atoms with van der Waals surface area (Å²) in [5.74, 6) is 0. The average Bonchev–Trinajstić information content (AvgIpc) is 2.94. The lowest BCUT2D eigenvalue weighted by Crippen LogP contribution is -2.59. The summed E-state index contributed by atoms with van der Waals surface area (Å²) in [4.78, 5) is 2.55. The first-order valence-corrected chi connectivity index (χ1v) is 8.73. The van der Waals surface area contributed by atoms with Crippen molar-refractivity contribution >= 4 is 23.2 Å². The van der Waals surface area contributed by atoms with Gasteiger partial charge in [0, 0.05) is 21.6 Å². The molecule has 4 heteroatoms. The van der Waals surface area contributed by atoms with Gasteiger partial charge in [-0.3, -0.25) is 4.90 Å². The number of halogens is 2. The topological polar surface area (TPSA) is 29.3 Å². The molecule has 0 aromatic heterocycles. The number of nitrogens with zero attached hydrogens (tertiary/aromatic N) is 1. The van der Waals surface area contributed by atoms with Gasteiger partial charge >= 0.3 is 0 Å². The molecule has 0 aliphatic heterocycles. The Morgan fingerprint density at radius 3 is 2.33 bits per heavy atom. The van der Waals surface area contributed by atoms with Crippen LogP contribution in [-0.4, -0.2) is 29.6 Å². The first-order valence-electron chi connectivity index (χ1n) is 7.98. The monoisotopic (exact) mass is 328 g/mol. The minimum absolute atomic E-state index is 0.110. The van der Waals surface area contributed by atoms with Crippen molar-refractivity contribution in [1.29, 1.82) is 0 Å². The minimum atomic E-state index is 0.110. The van der Waals surface area contributed by atoms with Gasteiger partial charge in [-0.05, 0) is 50.0 Å². The lowest BCUT2D eigenvalue weighted by Gasteiger charge is -2.45. The molecule has 0 spiro atoms. The summed E-state index contributed by atoms with van der Waals surface area (Å²) >= 11 is 12.3. The Kier molecular flexibility index (Phi) is 5.96. The molecule has 2 rings (SSSR count). The molecule has 1 aliphatic rings. The lowest BCUT2D eigenvalue weighted by molar-refractivity contribution is 0.0772. The van der Waals surface area contributed by atoms with Gasteiger partial charge < -0.3 is 5.73 Å². The maximum Gasteiger partial charge on any atom is 0.0453 e. The third kappa shape index (κ3) is 3.56. The van der Waals surface area contributed by atoms with Crippen LogP contribution >= 0.6 is 23.2 Å². The highest BCUT2D eigenvalue weighted by Gasteiger charge is 2.43. The summed E-state index contributed by atoms with van der Waals surface area (Å²) in [6, 6.07) is 5.83. The van der Waals surface area contributed by atoms with Crippen LogP contribution in [0.4, 0.5) is 0 Å². The van der Waals surface area contributed by atoms with Crippen LogP contribution < -0.4 is 5.73 Å². The second-order valence-electron chi connectivity index (χ2n) is 6.03. The largest absolute Gasteiger partial charge is 0.326 e. The van der Waals surface area contributed by atoms with Crippen molar-refractivity contribution < 1.29 is 0 Å². The molecule has 1 aromatic rings. The quantitative estimate of drug-likeness (QED) is 0.831. The second kappa shape index (κ2) is 7.32. The second-order valence-corrected chi connectivity index (χ2v) is 6.87. The highest BCUT2D eigenvalue weighted by molar-refractivity contribution is 6.35. The van der Waals surface area contributed by atoms with Crippen molar-refractivity contribution in [2.75, 3.05) is 13.1 Å². The Hall–Kier alpha value is -0.280. The summed E-state index contributed by atoms with van der Waals surface area (Å²) in [7, 11) is 0. The Morgan fingerprint density at radius 2 is 1.81 bits per heavy atom. The van der Waals surface area contributed by atoms with Crippen molar-refractivity contribution in [2.45, 2.75) is 57.5 Å². The van der Waals surface area contributed by atoms with E-state index in [1.165, 1.54) is 25.7 Å². The summed E-state index contributed by atoms with van der Waals surface area (Å²) in [6.45, 7) is 6.56. The van der Waals surface area contributed by atoms with Crippen LogP contribution in [0.3, 0.4) is 0 Å². The van der Waals surface area contributed by atoms with E-state index in [1.807, 2.05) is 18.2 Å². The molecule has 1 unspecified atom stereocenters. The van der Waals surface area contributed by atoms with E-state index in [0.29, 0.717) is 5.02 Å². The molecule has 1 fully saturated rings. The molecule has 0 saturated heterocycles. The molecular weight excluding hydrogens is 303 g/mol. The van der Waals surface area contributed by atoms with Gasteiger partial charge in [0.15, 0.2) is 0 Å². The van der Waals surface area contributed by atoms with Crippen molar-refractivity contribution in [3.63, 3.8) is 0 Å². The van der Waals surface area contributed by atoms with Gasteiger partial charge in [-0.2, -0.15) is 0 Å².